The zero-order valence-corrected chi connectivity index (χ0v) is 20.8. The predicted octanol–water partition coefficient (Wildman–Crippen LogP) is 3.99. The minimum absolute atomic E-state index is 0.0812. The van der Waals surface area contributed by atoms with E-state index < -0.39 is 11.9 Å². The number of carboxylic acid groups (broad SMARTS) is 2. The Kier molecular flexibility index (Phi) is 8.68. The topological polar surface area (TPSA) is 162 Å². The lowest BCUT2D eigenvalue weighted by atomic mass is 10.0. The molecule has 0 unspecified atom stereocenters. The second kappa shape index (κ2) is 11.9. The highest BCUT2D eigenvalue weighted by Gasteiger charge is 2.25. The summed E-state index contributed by atoms with van der Waals surface area (Å²) >= 11 is 0. The van der Waals surface area contributed by atoms with Crippen LogP contribution < -0.4 is 10.1 Å². The molecule has 3 aromatic rings. The number of carbonyl (C=O) groups excluding carboxylic acids is 2. The number of amides is 1. The van der Waals surface area contributed by atoms with Crippen molar-refractivity contribution in [1.82, 2.24) is 9.97 Å². The standard InChI is InChI=1S/C18H18N2O4.C9H11NO3/c1-10-11(3-6-17(21)22)9-19-15(10)8-14-13-5-4-12(24-2)7-16(13)20-18(14)23;1-6-7(2-3-9(12)13)4-10-8(6)5-11/h4-5,7-9,19H,3,6H2,1-2H3,(H,20,23)(H,21,22);4-5,10H,2-3H2,1H3,(H,12,13). The Morgan fingerprint density at radius 1 is 0.946 bits per heavy atom. The van der Waals surface area contributed by atoms with Crippen molar-refractivity contribution < 1.29 is 34.1 Å². The fraction of sp³-hybridized carbons (Fsp3) is 0.259. The van der Waals surface area contributed by atoms with Crippen molar-refractivity contribution in [2.24, 2.45) is 0 Å². The van der Waals surface area contributed by atoms with Crippen LogP contribution in [0.15, 0.2) is 30.6 Å². The molecule has 37 heavy (non-hydrogen) atoms. The predicted molar refractivity (Wildman–Crippen MR) is 138 cm³/mol. The van der Waals surface area contributed by atoms with Crippen molar-refractivity contribution in [1.29, 1.82) is 0 Å². The summed E-state index contributed by atoms with van der Waals surface area (Å²) in [7, 11) is 1.58. The summed E-state index contributed by atoms with van der Waals surface area (Å²) in [6.45, 7) is 3.72. The van der Waals surface area contributed by atoms with Crippen molar-refractivity contribution in [3.8, 4) is 5.75 Å². The molecule has 0 saturated heterocycles. The minimum atomic E-state index is -0.826. The van der Waals surface area contributed by atoms with E-state index >= 15 is 0 Å². The lowest BCUT2D eigenvalue weighted by Crippen LogP contribution is -2.03. The molecule has 3 heterocycles. The maximum atomic E-state index is 12.3. The molecule has 0 bridgehead atoms. The third-order valence-electron chi connectivity index (χ3n) is 6.21. The largest absolute Gasteiger partial charge is 0.497 e. The van der Waals surface area contributed by atoms with Crippen LogP contribution in [0.25, 0.3) is 11.6 Å². The molecule has 2 aromatic heterocycles. The van der Waals surface area contributed by atoms with Crippen LogP contribution in [0.5, 0.6) is 5.75 Å². The molecule has 194 valence electrons. The Balaban J connectivity index is 0.000000248. The number of hydrogen-bond donors (Lipinski definition) is 5. The fourth-order valence-electron chi connectivity index (χ4n) is 3.97. The first-order valence-electron chi connectivity index (χ1n) is 11.6. The first kappa shape index (κ1) is 27.0. The Morgan fingerprint density at radius 2 is 1.51 bits per heavy atom. The van der Waals surface area contributed by atoms with Gasteiger partial charge < -0.3 is 30.2 Å². The number of anilines is 1. The van der Waals surface area contributed by atoms with Crippen molar-refractivity contribution in [2.45, 2.75) is 39.5 Å². The number of carboxylic acids is 2. The van der Waals surface area contributed by atoms with Gasteiger partial charge in [-0.3, -0.25) is 19.2 Å². The molecule has 0 aliphatic carbocycles. The van der Waals surface area contributed by atoms with E-state index in [1.807, 2.05) is 19.1 Å². The van der Waals surface area contributed by atoms with Crippen LogP contribution in [0, 0.1) is 13.8 Å². The van der Waals surface area contributed by atoms with Gasteiger partial charge in [0.05, 0.1) is 24.1 Å². The molecule has 10 nitrogen and oxygen atoms in total. The molecule has 0 saturated carbocycles. The van der Waals surface area contributed by atoms with Gasteiger partial charge in [0.15, 0.2) is 6.29 Å². The average Bonchev–Trinajstić information content (AvgIpc) is 3.51. The van der Waals surface area contributed by atoms with E-state index in [9.17, 15) is 19.2 Å². The number of aromatic amines is 2. The van der Waals surface area contributed by atoms with Crippen LogP contribution in [0.3, 0.4) is 0 Å². The number of nitrogens with one attached hydrogen (secondary N) is 3. The van der Waals surface area contributed by atoms with Gasteiger partial charge in [-0.05, 0) is 67.2 Å². The Morgan fingerprint density at radius 3 is 2.03 bits per heavy atom. The average molecular weight is 508 g/mol. The van der Waals surface area contributed by atoms with Crippen molar-refractivity contribution in [3.05, 3.63) is 69.8 Å². The molecular formula is C27H29N3O7. The lowest BCUT2D eigenvalue weighted by molar-refractivity contribution is -0.138. The van der Waals surface area contributed by atoms with Gasteiger partial charge in [-0.2, -0.15) is 0 Å². The van der Waals surface area contributed by atoms with E-state index in [2.05, 4.69) is 15.3 Å². The summed E-state index contributed by atoms with van der Waals surface area (Å²) in [6.07, 6.45) is 7.11. The molecule has 0 spiro atoms. The van der Waals surface area contributed by atoms with E-state index in [1.165, 1.54) is 0 Å². The Labute approximate surface area is 213 Å². The first-order valence-corrected chi connectivity index (χ1v) is 11.6. The number of methoxy groups -OCH3 is 1. The summed E-state index contributed by atoms with van der Waals surface area (Å²) in [5, 5.41) is 20.1. The number of H-pyrrole nitrogens is 2. The molecule has 0 atom stereocenters. The van der Waals surface area contributed by atoms with Gasteiger partial charge in [0.1, 0.15) is 5.75 Å². The molecule has 1 aliphatic rings. The SMILES string of the molecule is COc1ccc2c(c1)NC(=O)C2=Cc1[nH]cc(CCC(=O)O)c1C.Cc1c(CCC(=O)O)c[nH]c1C=O. The number of fused-ring (bicyclic) bond motifs is 1. The van der Waals surface area contributed by atoms with Gasteiger partial charge in [-0.25, -0.2) is 0 Å². The molecule has 5 N–H and O–H groups in total. The van der Waals surface area contributed by atoms with Crippen LogP contribution >= 0.6 is 0 Å². The maximum absolute atomic E-state index is 12.3. The van der Waals surface area contributed by atoms with Crippen LogP contribution in [-0.4, -0.2) is 51.4 Å². The highest BCUT2D eigenvalue weighted by molar-refractivity contribution is 6.35. The Bertz CT molecular complexity index is 1360. The number of aliphatic carboxylic acids is 2. The van der Waals surface area contributed by atoms with Crippen LogP contribution in [0.4, 0.5) is 5.69 Å². The molecule has 10 heteroatoms. The number of benzene rings is 1. The normalized spacial score (nSPS) is 12.9. The number of carbonyl (C=O) groups is 4. The molecule has 0 radical (unpaired) electrons. The van der Waals surface area contributed by atoms with E-state index in [0.717, 1.165) is 45.5 Å². The third kappa shape index (κ3) is 6.54. The molecule has 1 aromatic carbocycles. The van der Waals surface area contributed by atoms with Gasteiger partial charge in [0.25, 0.3) is 5.91 Å². The summed E-state index contributed by atoms with van der Waals surface area (Å²) in [5.41, 5.74) is 7.09. The van der Waals surface area contributed by atoms with E-state index in [4.69, 9.17) is 14.9 Å². The van der Waals surface area contributed by atoms with Crippen LogP contribution in [0.1, 0.15) is 56.8 Å². The second-order valence-corrected chi connectivity index (χ2v) is 8.53. The van der Waals surface area contributed by atoms with Crippen molar-refractivity contribution >= 4 is 41.5 Å². The molecule has 1 amide bonds. The van der Waals surface area contributed by atoms with E-state index in [-0.39, 0.29) is 18.7 Å². The van der Waals surface area contributed by atoms with E-state index in [1.54, 1.807) is 38.6 Å². The maximum Gasteiger partial charge on any atom is 0.303 e. The minimum Gasteiger partial charge on any atom is -0.497 e. The van der Waals surface area contributed by atoms with Gasteiger partial charge in [0.2, 0.25) is 0 Å². The molecular weight excluding hydrogens is 478 g/mol. The number of rotatable bonds is 9. The zero-order valence-electron chi connectivity index (χ0n) is 20.8. The quantitative estimate of drug-likeness (QED) is 0.216. The Hall–Kier alpha value is -4.60. The number of hydrogen-bond acceptors (Lipinski definition) is 5. The molecule has 4 rings (SSSR count). The van der Waals surface area contributed by atoms with Gasteiger partial charge >= 0.3 is 11.9 Å². The number of aryl methyl sites for hydroxylation is 2. The summed E-state index contributed by atoms with van der Waals surface area (Å²) in [5.74, 6) is -1.14. The van der Waals surface area contributed by atoms with E-state index in [0.29, 0.717) is 29.9 Å². The number of ether oxygens (including phenoxy) is 1. The zero-order chi connectivity index (χ0) is 27.1. The summed E-state index contributed by atoms with van der Waals surface area (Å²) in [6, 6.07) is 5.45. The molecule has 0 fully saturated rings. The monoisotopic (exact) mass is 507 g/mol. The van der Waals surface area contributed by atoms with Gasteiger partial charge in [-0.1, -0.05) is 0 Å². The number of aldehydes is 1. The smallest absolute Gasteiger partial charge is 0.303 e. The van der Waals surface area contributed by atoms with Crippen LogP contribution in [0.2, 0.25) is 0 Å². The van der Waals surface area contributed by atoms with Crippen molar-refractivity contribution in [3.63, 3.8) is 0 Å². The van der Waals surface area contributed by atoms with Crippen molar-refractivity contribution in [2.75, 3.05) is 12.4 Å². The highest BCUT2D eigenvalue weighted by Crippen LogP contribution is 2.36. The molecule has 1 aliphatic heterocycles. The summed E-state index contributed by atoms with van der Waals surface area (Å²) < 4.78 is 5.17. The van der Waals surface area contributed by atoms with Crippen LogP contribution in [-0.2, 0) is 27.2 Å². The second-order valence-electron chi connectivity index (χ2n) is 8.53. The third-order valence-corrected chi connectivity index (χ3v) is 6.21. The van der Waals surface area contributed by atoms with Gasteiger partial charge in [-0.15, -0.1) is 0 Å². The summed E-state index contributed by atoms with van der Waals surface area (Å²) in [4.78, 5) is 49.6. The fourth-order valence-corrected chi connectivity index (χ4v) is 3.97. The number of aromatic nitrogens is 2. The van der Waals surface area contributed by atoms with Gasteiger partial charge in [0, 0.05) is 42.6 Å². The first-order chi connectivity index (χ1) is 17.6. The highest BCUT2D eigenvalue weighted by atomic mass is 16.5. The lowest BCUT2D eigenvalue weighted by Gasteiger charge is -2.03.